The molecule has 1 aromatic rings. The summed E-state index contributed by atoms with van der Waals surface area (Å²) in [6.07, 6.45) is 1.56. The van der Waals surface area contributed by atoms with Gasteiger partial charge in [0.15, 0.2) is 0 Å². The van der Waals surface area contributed by atoms with Crippen LogP contribution < -0.4 is 5.32 Å². The summed E-state index contributed by atoms with van der Waals surface area (Å²) in [5.74, 6) is 5.53. The number of carbonyl (C=O) groups excluding carboxylic acids is 1. The molecule has 1 fully saturated rings. The zero-order valence-electron chi connectivity index (χ0n) is 11.4. The third-order valence-corrected chi connectivity index (χ3v) is 3.24. The number of aliphatic hydroxyl groups is 1. The first-order valence-corrected chi connectivity index (χ1v) is 6.74. The van der Waals surface area contributed by atoms with Crippen LogP contribution in [0.3, 0.4) is 0 Å². The van der Waals surface area contributed by atoms with Gasteiger partial charge in [0.2, 0.25) is 5.91 Å². The van der Waals surface area contributed by atoms with Crippen LogP contribution >= 0.6 is 0 Å². The number of aliphatic hydroxyl groups excluding tert-OH is 1. The Morgan fingerprint density at radius 3 is 3.20 bits per heavy atom. The summed E-state index contributed by atoms with van der Waals surface area (Å²) in [5.41, 5.74) is 0.520. The first-order chi connectivity index (χ1) is 9.74. The molecule has 2 rings (SSSR count). The number of hydrogen-bond acceptors (Lipinski definition) is 4. The summed E-state index contributed by atoms with van der Waals surface area (Å²) in [7, 11) is 0. The van der Waals surface area contributed by atoms with E-state index >= 15 is 0 Å². The van der Waals surface area contributed by atoms with E-state index in [9.17, 15) is 4.79 Å². The predicted molar refractivity (Wildman–Crippen MR) is 75.0 cm³/mol. The summed E-state index contributed by atoms with van der Waals surface area (Å²) in [5, 5.41) is 11.5. The number of aromatic nitrogens is 1. The average molecular weight is 274 g/mol. The molecule has 1 aliphatic heterocycles. The lowest BCUT2D eigenvalue weighted by atomic mass is 9.99. The lowest BCUT2D eigenvalue weighted by Gasteiger charge is -2.16. The van der Waals surface area contributed by atoms with E-state index in [0.29, 0.717) is 18.1 Å². The lowest BCUT2D eigenvalue weighted by molar-refractivity contribution is -0.121. The minimum Gasteiger partial charge on any atom is -0.384 e. The summed E-state index contributed by atoms with van der Waals surface area (Å²) in [6.45, 7) is 2.43. The minimum atomic E-state index is -0.212. The molecule has 2 unspecified atom stereocenters. The minimum absolute atomic E-state index is 0.00707. The molecule has 1 aliphatic rings. The molecule has 0 spiro atoms. The van der Waals surface area contributed by atoms with Gasteiger partial charge in [0.1, 0.15) is 18.1 Å². The highest BCUT2D eigenvalue weighted by atomic mass is 16.5. The van der Waals surface area contributed by atoms with E-state index < -0.39 is 0 Å². The maximum absolute atomic E-state index is 12.2. The maximum Gasteiger partial charge on any atom is 0.231 e. The molecule has 5 heteroatoms. The molecule has 0 radical (unpaired) electrons. The van der Waals surface area contributed by atoms with Gasteiger partial charge in [0.05, 0.1) is 12.0 Å². The highest BCUT2D eigenvalue weighted by Crippen LogP contribution is 2.24. The first kappa shape index (κ1) is 14.5. The van der Waals surface area contributed by atoms with E-state index in [-0.39, 0.29) is 24.5 Å². The monoisotopic (exact) mass is 274 g/mol. The van der Waals surface area contributed by atoms with Crippen molar-refractivity contribution in [3.63, 3.8) is 0 Å². The standard InChI is InChI=1S/C15H18N2O3/c1-2-13-12(8-10-20-13)15(19)17-14-7-3-5-11(16-14)6-4-9-18/h3,5,7,12-13,18H,2,8-10H2,1H3,(H,16,17,19). The van der Waals surface area contributed by atoms with Crippen LogP contribution in [0.2, 0.25) is 0 Å². The van der Waals surface area contributed by atoms with Gasteiger partial charge >= 0.3 is 0 Å². The molecule has 0 bridgehead atoms. The van der Waals surface area contributed by atoms with Crippen LogP contribution in [0, 0.1) is 17.8 Å². The van der Waals surface area contributed by atoms with E-state index in [1.165, 1.54) is 0 Å². The number of nitrogens with one attached hydrogen (secondary N) is 1. The number of hydrogen-bond donors (Lipinski definition) is 2. The van der Waals surface area contributed by atoms with Crippen LogP contribution in [0.1, 0.15) is 25.5 Å². The van der Waals surface area contributed by atoms with Crippen LogP contribution in [0.5, 0.6) is 0 Å². The van der Waals surface area contributed by atoms with Crippen LogP contribution in [0.25, 0.3) is 0 Å². The number of anilines is 1. The third kappa shape index (κ3) is 3.56. The van der Waals surface area contributed by atoms with Gasteiger partial charge in [-0.05, 0) is 30.9 Å². The van der Waals surface area contributed by atoms with E-state index in [1.807, 2.05) is 6.92 Å². The van der Waals surface area contributed by atoms with Crippen molar-refractivity contribution >= 4 is 11.7 Å². The molecule has 2 N–H and O–H groups in total. The van der Waals surface area contributed by atoms with Crippen LogP contribution in [-0.4, -0.2) is 35.3 Å². The molecule has 106 valence electrons. The van der Waals surface area contributed by atoms with Crippen molar-refractivity contribution in [3.05, 3.63) is 23.9 Å². The van der Waals surface area contributed by atoms with Crippen molar-refractivity contribution in [2.75, 3.05) is 18.5 Å². The smallest absolute Gasteiger partial charge is 0.231 e. The summed E-state index contributed by atoms with van der Waals surface area (Å²) >= 11 is 0. The molecule has 0 aromatic carbocycles. The second kappa shape index (κ2) is 7.04. The van der Waals surface area contributed by atoms with E-state index in [4.69, 9.17) is 9.84 Å². The quantitative estimate of drug-likeness (QED) is 0.812. The zero-order valence-corrected chi connectivity index (χ0v) is 11.4. The van der Waals surface area contributed by atoms with Crippen molar-refractivity contribution in [2.45, 2.75) is 25.9 Å². The normalized spacial score (nSPS) is 21.1. The highest BCUT2D eigenvalue weighted by molar-refractivity contribution is 5.92. The number of amides is 1. The van der Waals surface area contributed by atoms with Crippen molar-refractivity contribution in [1.82, 2.24) is 4.98 Å². The van der Waals surface area contributed by atoms with Gasteiger partial charge < -0.3 is 15.2 Å². The Balaban J connectivity index is 2.04. The fourth-order valence-electron chi connectivity index (χ4n) is 2.27. The topological polar surface area (TPSA) is 71.5 Å². The third-order valence-electron chi connectivity index (χ3n) is 3.24. The molecule has 0 saturated carbocycles. The van der Waals surface area contributed by atoms with Gasteiger partial charge in [-0.25, -0.2) is 4.98 Å². The molecule has 1 aromatic heterocycles. The number of carbonyl (C=O) groups is 1. The average Bonchev–Trinajstić information content (AvgIpc) is 2.94. The Morgan fingerprint density at radius 1 is 1.60 bits per heavy atom. The summed E-state index contributed by atoms with van der Waals surface area (Å²) < 4.78 is 5.52. The zero-order chi connectivity index (χ0) is 14.4. The Kier molecular flexibility index (Phi) is 5.10. The van der Waals surface area contributed by atoms with Gasteiger partial charge in [0.25, 0.3) is 0 Å². The molecule has 20 heavy (non-hydrogen) atoms. The lowest BCUT2D eigenvalue weighted by Crippen LogP contribution is -2.29. The van der Waals surface area contributed by atoms with Gasteiger partial charge in [-0.2, -0.15) is 0 Å². The molecular weight excluding hydrogens is 256 g/mol. The van der Waals surface area contributed by atoms with E-state index in [0.717, 1.165) is 12.8 Å². The Morgan fingerprint density at radius 2 is 2.45 bits per heavy atom. The highest BCUT2D eigenvalue weighted by Gasteiger charge is 2.32. The molecule has 2 heterocycles. The second-order valence-electron chi connectivity index (χ2n) is 4.57. The molecule has 2 atom stereocenters. The Bertz CT molecular complexity index is 533. The van der Waals surface area contributed by atoms with Crippen molar-refractivity contribution in [3.8, 4) is 11.8 Å². The number of pyridine rings is 1. The predicted octanol–water partition coefficient (Wildman–Crippen LogP) is 1.18. The number of ether oxygens (including phenoxy) is 1. The van der Waals surface area contributed by atoms with Crippen molar-refractivity contribution < 1.29 is 14.6 Å². The second-order valence-corrected chi connectivity index (χ2v) is 4.57. The van der Waals surface area contributed by atoms with E-state index in [1.54, 1.807) is 18.2 Å². The Labute approximate surface area is 118 Å². The molecular formula is C15H18N2O3. The Hall–Kier alpha value is -1.90. The molecule has 1 saturated heterocycles. The van der Waals surface area contributed by atoms with Crippen molar-refractivity contribution in [1.29, 1.82) is 0 Å². The molecule has 1 amide bonds. The SMILES string of the molecule is CCC1OCCC1C(=O)Nc1cccc(C#CCO)n1. The van der Waals surface area contributed by atoms with Gasteiger partial charge in [-0.1, -0.05) is 18.9 Å². The van der Waals surface area contributed by atoms with Crippen LogP contribution in [-0.2, 0) is 9.53 Å². The largest absolute Gasteiger partial charge is 0.384 e. The molecule has 0 aliphatic carbocycles. The summed E-state index contributed by atoms with van der Waals surface area (Å²) in [4.78, 5) is 16.4. The fourth-order valence-corrected chi connectivity index (χ4v) is 2.27. The fraction of sp³-hybridized carbons (Fsp3) is 0.467. The first-order valence-electron chi connectivity index (χ1n) is 6.74. The maximum atomic E-state index is 12.2. The van der Waals surface area contributed by atoms with Gasteiger partial charge in [-0.15, -0.1) is 0 Å². The van der Waals surface area contributed by atoms with Gasteiger partial charge in [0, 0.05) is 6.61 Å². The molecule has 5 nitrogen and oxygen atoms in total. The van der Waals surface area contributed by atoms with Crippen molar-refractivity contribution in [2.24, 2.45) is 5.92 Å². The number of rotatable bonds is 3. The number of nitrogens with zero attached hydrogens (tertiary/aromatic N) is 1. The van der Waals surface area contributed by atoms with Crippen LogP contribution in [0.15, 0.2) is 18.2 Å². The van der Waals surface area contributed by atoms with Crippen LogP contribution in [0.4, 0.5) is 5.82 Å². The summed E-state index contributed by atoms with van der Waals surface area (Å²) in [6, 6.07) is 5.22. The van der Waals surface area contributed by atoms with Gasteiger partial charge in [-0.3, -0.25) is 4.79 Å². The van der Waals surface area contributed by atoms with E-state index in [2.05, 4.69) is 22.1 Å².